The molecule has 0 aromatic heterocycles. The van der Waals surface area contributed by atoms with Gasteiger partial charge in [-0.3, -0.25) is 0 Å². The molecule has 0 aliphatic carbocycles. The molecule has 3 nitrogen and oxygen atoms in total. The molecule has 0 radical (unpaired) electrons. The van der Waals surface area contributed by atoms with Gasteiger partial charge in [-0.2, -0.15) is 0 Å². The van der Waals surface area contributed by atoms with E-state index in [0.29, 0.717) is 13.2 Å². The van der Waals surface area contributed by atoms with Gasteiger partial charge < -0.3 is 4.74 Å². The summed E-state index contributed by atoms with van der Waals surface area (Å²) < 4.78 is 4.74. The Morgan fingerprint density at radius 2 is 2.12 bits per heavy atom. The quantitative estimate of drug-likeness (QED) is 0.669. The van der Waals surface area contributed by atoms with Gasteiger partial charge in [0.05, 0.1) is 6.54 Å². The maximum Gasteiger partial charge on any atom is 0.421 e. The van der Waals surface area contributed by atoms with Crippen molar-refractivity contribution in [2.75, 3.05) is 13.2 Å². The summed E-state index contributed by atoms with van der Waals surface area (Å²) in [5.74, 6) is 2.80. The van der Waals surface area contributed by atoms with Gasteiger partial charge in [-0.15, -0.1) is 0 Å². The van der Waals surface area contributed by atoms with Gasteiger partial charge in [0.25, 0.3) is 0 Å². The smallest absolute Gasteiger partial charge is 0.421 e. The van der Waals surface area contributed by atoms with Crippen molar-refractivity contribution in [3.63, 3.8) is 0 Å². The Labute approximate surface area is 94.3 Å². The zero-order valence-corrected chi connectivity index (χ0v) is 8.72. The van der Waals surface area contributed by atoms with Gasteiger partial charge >= 0.3 is 6.09 Å². The van der Waals surface area contributed by atoms with Crippen LogP contribution in [0.3, 0.4) is 0 Å². The van der Waals surface area contributed by atoms with Crippen LogP contribution in [0.4, 0.5) is 4.79 Å². The summed E-state index contributed by atoms with van der Waals surface area (Å²) in [4.78, 5) is 12.4. The van der Waals surface area contributed by atoms with Gasteiger partial charge in [0.2, 0.25) is 0 Å². The van der Waals surface area contributed by atoms with E-state index in [2.05, 4.69) is 12.0 Å². The summed E-state index contributed by atoms with van der Waals surface area (Å²) in [7, 11) is 0. The molecule has 0 N–H and O–H groups in total. The van der Waals surface area contributed by atoms with Gasteiger partial charge in [0, 0.05) is 6.04 Å². The largest absolute Gasteiger partial charge is 0.447 e. The molecule has 1 heterocycles. The van der Waals surface area contributed by atoms with Gasteiger partial charge in [-0.25, -0.2) is 9.69 Å². The highest BCUT2D eigenvalue weighted by Gasteiger charge is 2.19. The van der Waals surface area contributed by atoms with Crippen LogP contribution < -0.4 is 0 Å². The lowest BCUT2D eigenvalue weighted by atomic mass is 10.2. The first-order valence-electron chi connectivity index (χ1n) is 5.03. The molecule has 0 spiro atoms. The molecule has 1 aliphatic rings. The fourth-order valence-electron chi connectivity index (χ4n) is 1.31. The maximum atomic E-state index is 11.0. The molecule has 2 rings (SSSR count). The molecule has 16 heavy (non-hydrogen) atoms. The number of amides is 1. The zero-order chi connectivity index (χ0) is 11.2. The second-order valence-electron chi connectivity index (χ2n) is 3.27. The normalized spacial score (nSPS) is 14.8. The van der Waals surface area contributed by atoms with Crippen molar-refractivity contribution in [1.82, 2.24) is 4.90 Å². The Morgan fingerprint density at radius 3 is 2.81 bits per heavy atom. The van der Waals surface area contributed by atoms with Crippen LogP contribution in [0.2, 0.25) is 0 Å². The molecule has 0 saturated carbocycles. The van der Waals surface area contributed by atoms with Crippen molar-refractivity contribution in [2.45, 2.75) is 0 Å². The average Bonchev–Trinajstić information content (AvgIpc) is 2.72. The van der Waals surface area contributed by atoms with Crippen molar-refractivity contribution in [3.05, 3.63) is 42.0 Å². The van der Waals surface area contributed by atoms with Crippen LogP contribution in [-0.4, -0.2) is 24.1 Å². The number of benzene rings is 1. The van der Waals surface area contributed by atoms with E-state index in [1.165, 1.54) is 4.90 Å². The van der Waals surface area contributed by atoms with Gasteiger partial charge in [-0.1, -0.05) is 36.3 Å². The lowest BCUT2D eigenvalue weighted by Gasteiger charge is -1.98. The van der Waals surface area contributed by atoms with E-state index in [9.17, 15) is 4.79 Å². The zero-order valence-electron chi connectivity index (χ0n) is 8.72. The van der Waals surface area contributed by atoms with Gasteiger partial charge in [-0.05, 0) is 17.7 Å². The number of ether oxygens (including phenoxy) is 1. The number of carbonyl (C=O) groups is 1. The monoisotopic (exact) mass is 213 g/mol. The van der Waals surface area contributed by atoms with Crippen LogP contribution in [0, 0.1) is 12.0 Å². The third-order valence-corrected chi connectivity index (χ3v) is 2.12. The van der Waals surface area contributed by atoms with Crippen molar-refractivity contribution in [3.8, 4) is 12.0 Å². The van der Waals surface area contributed by atoms with E-state index in [1.807, 2.05) is 36.4 Å². The molecular formula is C13H11NO2. The summed E-state index contributed by atoms with van der Waals surface area (Å²) in [6.45, 7) is 0.973. The molecule has 1 saturated heterocycles. The average molecular weight is 213 g/mol. The molecule has 1 aromatic carbocycles. The third-order valence-electron chi connectivity index (χ3n) is 2.12. The summed E-state index contributed by atoms with van der Waals surface area (Å²) in [6.07, 6.45) is 3.26. The number of rotatable bonds is 1. The van der Waals surface area contributed by atoms with Gasteiger partial charge in [0.15, 0.2) is 0 Å². The topological polar surface area (TPSA) is 29.5 Å². The van der Waals surface area contributed by atoms with Crippen LogP contribution in [-0.2, 0) is 4.74 Å². The molecule has 1 fully saturated rings. The predicted octanol–water partition coefficient (Wildman–Crippen LogP) is 2.11. The minimum Gasteiger partial charge on any atom is -0.447 e. The number of cyclic esters (lactones) is 1. The minimum absolute atomic E-state index is 0.361. The van der Waals surface area contributed by atoms with Crippen LogP contribution in [0.25, 0.3) is 6.08 Å². The fourth-order valence-corrected chi connectivity index (χ4v) is 1.31. The molecular weight excluding hydrogens is 202 g/mol. The fraction of sp³-hybridized carbons (Fsp3) is 0.154. The van der Waals surface area contributed by atoms with Crippen LogP contribution in [0.5, 0.6) is 0 Å². The van der Waals surface area contributed by atoms with E-state index in [0.717, 1.165) is 5.56 Å². The van der Waals surface area contributed by atoms with Crippen LogP contribution >= 0.6 is 0 Å². The molecule has 3 heteroatoms. The Balaban J connectivity index is 1.94. The number of carbonyl (C=O) groups excluding carboxylic acids is 1. The first kappa shape index (κ1) is 10.3. The maximum absolute atomic E-state index is 11.0. The Morgan fingerprint density at radius 1 is 1.31 bits per heavy atom. The van der Waals surface area contributed by atoms with E-state index in [4.69, 9.17) is 4.74 Å². The Kier molecular flexibility index (Phi) is 3.25. The second kappa shape index (κ2) is 5.04. The van der Waals surface area contributed by atoms with E-state index in [-0.39, 0.29) is 6.09 Å². The lowest BCUT2D eigenvalue weighted by molar-refractivity contribution is 0.167. The molecule has 1 aliphatic heterocycles. The third kappa shape index (κ3) is 2.64. The standard InChI is InChI=1S/C13H11NO2/c15-13-14(10-11-16-13)9-5-4-8-12-6-2-1-3-7-12/h1-4,6-8H,10-11H2/b8-4+. The molecule has 1 amide bonds. The van der Waals surface area contributed by atoms with Gasteiger partial charge in [0.1, 0.15) is 6.61 Å². The Bertz CT molecular complexity index is 454. The Hall–Kier alpha value is -2.21. The highest BCUT2D eigenvalue weighted by Crippen LogP contribution is 2.01. The van der Waals surface area contributed by atoms with Crippen molar-refractivity contribution in [2.24, 2.45) is 0 Å². The lowest BCUT2D eigenvalue weighted by Crippen LogP contribution is -2.17. The summed E-state index contributed by atoms with van der Waals surface area (Å²) >= 11 is 0. The van der Waals surface area contributed by atoms with Crippen molar-refractivity contribution >= 4 is 12.2 Å². The molecule has 0 unspecified atom stereocenters. The van der Waals surface area contributed by atoms with Crippen LogP contribution in [0.15, 0.2) is 36.4 Å². The molecule has 1 aromatic rings. The molecule has 80 valence electrons. The number of hydrogen-bond acceptors (Lipinski definition) is 2. The second-order valence-corrected chi connectivity index (χ2v) is 3.27. The predicted molar refractivity (Wildman–Crippen MR) is 61.3 cm³/mol. The van der Waals surface area contributed by atoms with E-state index < -0.39 is 0 Å². The van der Waals surface area contributed by atoms with Crippen molar-refractivity contribution < 1.29 is 9.53 Å². The van der Waals surface area contributed by atoms with E-state index in [1.54, 1.807) is 6.08 Å². The SMILES string of the molecule is O=C1OCCN1C#C/C=C/c1ccccc1. The first-order chi connectivity index (χ1) is 7.86. The highest BCUT2D eigenvalue weighted by atomic mass is 16.6. The number of nitrogens with zero attached hydrogens (tertiary/aromatic N) is 1. The molecule has 0 bridgehead atoms. The number of hydrogen-bond donors (Lipinski definition) is 0. The summed E-state index contributed by atoms with van der Waals surface area (Å²) in [5.41, 5.74) is 1.08. The highest BCUT2D eigenvalue weighted by molar-refractivity contribution is 5.71. The summed E-state index contributed by atoms with van der Waals surface area (Å²) in [6, 6.07) is 12.6. The molecule has 0 atom stereocenters. The van der Waals surface area contributed by atoms with Crippen LogP contribution in [0.1, 0.15) is 5.56 Å². The van der Waals surface area contributed by atoms with Crippen molar-refractivity contribution in [1.29, 1.82) is 0 Å². The van der Waals surface area contributed by atoms with E-state index >= 15 is 0 Å². The summed E-state index contributed by atoms with van der Waals surface area (Å²) in [5, 5.41) is 0. The minimum atomic E-state index is -0.361. The number of allylic oxidation sites excluding steroid dienone is 1. The first-order valence-corrected chi connectivity index (χ1v) is 5.03.